The van der Waals surface area contributed by atoms with Crippen LogP contribution in [0.25, 0.3) is 0 Å². The Kier molecular flexibility index (Phi) is 6.21. The highest BCUT2D eigenvalue weighted by atomic mass is 16.2. The summed E-state index contributed by atoms with van der Waals surface area (Å²) in [6, 6.07) is 17.9. The lowest BCUT2D eigenvalue weighted by Crippen LogP contribution is -2.48. The highest BCUT2D eigenvalue weighted by molar-refractivity contribution is 5.99. The summed E-state index contributed by atoms with van der Waals surface area (Å²) in [4.78, 5) is 28.4. The molecule has 0 unspecified atom stereocenters. The fraction of sp³-hybridized carbons (Fsp3) is 0.333. The molecule has 0 radical (unpaired) electrons. The van der Waals surface area contributed by atoms with E-state index in [1.807, 2.05) is 30.3 Å². The van der Waals surface area contributed by atoms with Gasteiger partial charge in [-0.05, 0) is 24.7 Å². The molecule has 2 aromatic rings. The van der Waals surface area contributed by atoms with Gasteiger partial charge in [0.1, 0.15) is 0 Å². The van der Waals surface area contributed by atoms with Crippen LogP contribution >= 0.6 is 0 Å². The van der Waals surface area contributed by atoms with Crippen molar-refractivity contribution in [1.29, 1.82) is 0 Å². The number of piperazine rings is 1. The summed E-state index contributed by atoms with van der Waals surface area (Å²) in [6.07, 6.45) is 0. The lowest BCUT2D eigenvalue weighted by molar-refractivity contribution is -0.118. The van der Waals surface area contributed by atoms with E-state index in [0.29, 0.717) is 17.9 Å². The standard InChI is InChI=1S/C21H26N4O2/c1-16(26)22-18-10-6-7-11-19(18)23-21(27)15-25-13-12-24(2)20(14-25)17-8-4-3-5-9-17/h3-11,20H,12-15H2,1-2H3,(H,22,26)(H,23,27)/t20-/m1/s1. The van der Waals surface area contributed by atoms with Gasteiger partial charge in [-0.3, -0.25) is 19.4 Å². The third kappa shape index (κ3) is 5.15. The number of rotatable bonds is 5. The normalized spacial score (nSPS) is 18.1. The van der Waals surface area contributed by atoms with Crippen molar-refractivity contribution in [1.82, 2.24) is 9.80 Å². The maximum Gasteiger partial charge on any atom is 0.238 e. The molecule has 6 heteroatoms. The van der Waals surface area contributed by atoms with Gasteiger partial charge in [0.25, 0.3) is 0 Å². The summed E-state index contributed by atoms with van der Waals surface area (Å²) in [5.74, 6) is -0.245. The average Bonchev–Trinajstić information content (AvgIpc) is 2.65. The highest BCUT2D eigenvalue weighted by Gasteiger charge is 2.26. The van der Waals surface area contributed by atoms with E-state index >= 15 is 0 Å². The molecule has 1 atom stereocenters. The number of anilines is 2. The van der Waals surface area contributed by atoms with Gasteiger partial charge in [0, 0.05) is 32.6 Å². The van der Waals surface area contributed by atoms with E-state index in [0.717, 1.165) is 19.6 Å². The second-order valence-corrected chi connectivity index (χ2v) is 6.92. The quantitative estimate of drug-likeness (QED) is 0.854. The molecule has 1 aliphatic heterocycles. The van der Waals surface area contributed by atoms with Gasteiger partial charge >= 0.3 is 0 Å². The van der Waals surface area contributed by atoms with Crippen molar-refractivity contribution in [3.05, 3.63) is 60.2 Å². The van der Waals surface area contributed by atoms with Gasteiger partial charge in [-0.25, -0.2) is 0 Å². The summed E-state index contributed by atoms with van der Waals surface area (Å²) in [5, 5.41) is 5.66. The molecule has 1 fully saturated rings. The number of likely N-dealkylation sites (N-methyl/N-ethyl adjacent to an activating group) is 1. The maximum atomic E-state index is 12.6. The molecule has 27 heavy (non-hydrogen) atoms. The van der Waals surface area contributed by atoms with Crippen LogP contribution in [0.1, 0.15) is 18.5 Å². The molecule has 3 rings (SSSR count). The van der Waals surface area contributed by atoms with Gasteiger partial charge in [0.05, 0.1) is 17.9 Å². The van der Waals surface area contributed by atoms with Gasteiger partial charge in [0.2, 0.25) is 11.8 Å². The first-order valence-corrected chi connectivity index (χ1v) is 9.17. The van der Waals surface area contributed by atoms with E-state index in [1.54, 1.807) is 12.1 Å². The summed E-state index contributed by atoms with van der Waals surface area (Å²) in [7, 11) is 2.12. The molecule has 1 aliphatic rings. The number of nitrogens with zero attached hydrogens (tertiary/aromatic N) is 2. The molecule has 0 bridgehead atoms. The molecule has 0 saturated carbocycles. The van der Waals surface area contributed by atoms with Gasteiger partial charge in [-0.1, -0.05) is 42.5 Å². The van der Waals surface area contributed by atoms with Crippen LogP contribution in [0.2, 0.25) is 0 Å². The average molecular weight is 366 g/mol. The number of para-hydroxylation sites is 2. The molecule has 6 nitrogen and oxygen atoms in total. The van der Waals surface area contributed by atoms with Gasteiger partial charge in [-0.2, -0.15) is 0 Å². The van der Waals surface area contributed by atoms with Crippen molar-refractivity contribution in [3.63, 3.8) is 0 Å². The Balaban J connectivity index is 1.62. The third-order valence-corrected chi connectivity index (χ3v) is 4.80. The monoisotopic (exact) mass is 366 g/mol. The zero-order valence-corrected chi connectivity index (χ0v) is 15.8. The van der Waals surface area contributed by atoms with Crippen LogP contribution in [0.4, 0.5) is 11.4 Å². The molecule has 1 heterocycles. The SMILES string of the molecule is CC(=O)Nc1ccccc1NC(=O)CN1CCN(C)[C@@H](c2ccccc2)C1. The lowest BCUT2D eigenvalue weighted by Gasteiger charge is -2.39. The van der Waals surface area contributed by atoms with Gasteiger partial charge in [0.15, 0.2) is 0 Å². The van der Waals surface area contributed by atoms with Crippen LogP contribution < -0.4 is 10.6 Å². The number of carbonyl (C=O) groups excluding carboxylic acids is 2. The van der Waals surface area contributed by atoms with E-state index < -0.39 is 0 Å². The van der Waals surface area contributed by atoms with Crippen LogP contribution in [-0.4, -0.2) is 54.8 Å². The highest BCUT2D eigenvalue weighted by Crippen LogP contribution is 2.24. The predicted molar refractivity (Wildman–Crippen MR) is 108 cm³/mol. The maximum absolute atomic E-state index is 12.6. The number of amides is 2. The van der Waals surface area contributed by atoms with E-state index in [4.69, 9.17) is 0 Å². The number of hydrogen-bond acceptors (Lipinski definition) is 4. The molecular formula is C21H26N4O2. The Morgan fingerprint density at radius 1 is 0.963 bits per heavy atom. The molecule has 0 spiro atoms. The molecule has 2 N–H and O–H groups in total. The fourth-order valence-electron chi connectivity index (χ4n) is 3.39. The smallest absolute Gasteiger partial charge is 0.238 e. The minimum Gasteiger partial charge on any atom is -0.325 e. The van der Waals surface area contributed by atoms with Crippen molar-refractivity contribution >= 4 is 23.2 Å². The van der Waals surface area contributed by atoms with E-state index in [2.05, 4.69) is 39.6 Å². The summed E-state index contributed by atoms with van der Waals surface area (Å²) < 4.78 is 0. The van der Waals surface area contributed by atoms with Crippen LogP contribution in [-0.2, 0) is 9.59 Å². The summed E-state index contributed by atoms with van der Waals surface area (Å²) in [5.41, 5.74) is 2.49. The number of carbonyl (C=O) groups is 2. The van der Waals surface area contributed by atoms with Crippen LogP contribution in [0.15, 0.2) is 54.6 Å². The molecule has 0 aliphatic carbocycles. The summed E-state index contributed by atoms with van der Waals surface area (Å²) in [6.45, 7) is 4.34. The Morgan fingerprint density at radius 3 is 2.26 bits per heavy atom. The Labute approximate surface area is 160 Å². The van der Waals surface area contributed by atoms with Crippen LogP contribution in [0, 0.1) is 0 Å². The van der Waals surface area contributed by atoms with Crippen LogP contribution in [0.3, 0.4) is 0 Å². The second kappa shape index (κ2) is 8.79. The van der Waals surface area contributed by atoms with E-state index in [9.17, 15) is 9.59 Å². The lowest BCUT2D eigenvalue weighted by atomic mass is 10.0. The third-order valence-electron chi connectivity index (χ3n) is 4.80. The van der Waals surface area contributed by atoms with E-state index in [1.165, 1.54) is 12.5 Å². The molecule has 142 valence electrons. The van der Waals surface area contributed by atoms with Crippen molar-refractivity contribution in [2.24, 2.45) is 0 Å². The van der Waals surface area contributed by atoms with Gasteiger partial charge in [-0.15, -0.1) is 0 Å². The zero-order valence-electron chi connectivity index (χ0n) is 15.8. The first-order valence-electron chi connectivity index (χ1n) is 9.17. The minimum absolute atomic E-state index is 0.0795. The minimum atomic E-state index is -0.165. The van der Waals surface area contributed by atoms with E-state index in [-0.39, 0.29) is 17.9 Å². The number of nitrogens with one attached hydrogen (secondary N) is 2. The van der Waals surface area contributed by atoms with Crippen molar-refractivity contribution < 1.29 is 9.59 Å². The van der Waals surface area contributed by atoms with Crippen molar-refractivity contribution in [3.8, 4) is 0 Å². The van der Waals surface area contributed by atoms with Crippen molar-refractivity contribution in [2.75, 3.05) is 43.9 Å². The Hall–Kier alpha value is -2.70. The summed E-state index contributed by atoms with van der Waals surface area (Å²) >= 11 is 0. The molecular weight excluding hydrogens is 340 g/mol. The molecule has 2 aromatic carbocycles. The molecule has 0 aromatic heterocycles. The van der Waals surface area contributed by atoms with Gasteiger partial charge < -0.3 is 10.6 Å². The predicted octanol–water partition coefficient (Wildman–Crippen LogP) is 2.57. The number of hydrogen-bond donors (Lipinski definition) is 2. The van der Waals surface area contributed by atoms with Crippen molar-refractivity contribution in [2.45, 2.75) is 13.0 Å². The largest absolute Gasteiger partial charge is 0.325 e. The topological polar surface area (TPSA) is 64.7 Å². The van der Waals surface area contributed by atoms with Crippen LogP contribution in [0.5, 0.6) is 0 Å². The number of benzene rings is 2. The fourth-order valence-corrected chi connectivity index (χ4v) is 3.39. The first-order chi connectivity index (χ1) is 13.0. The Bertz CT molecular complexity index is 794. The molecule has 1 saturated heterocycles. The Morgan fingerprint density at radius 2 is 1.59 bits per heavy atom. The second-order valence-electron chi connectivity index (χ2n) is 6.92. The first kappa shape index (κ1) is 19.1. The zero-order chi connectivity index (χ0) is 19.2. The molecule has 2 amide bonds.